The smallest absolute Gasteiger partial charge is 0.265 e. The van der Waals surface area contributed by atoms with Crippen LogP contribution in [-0.2, 0) is 23.6 Å². The Morgan fingerprint density at radius 3 is 2.32 bits per heavy atom. The molecule has 3 rings (SSSR count). The van der Waals surface area contributed by atoms with E-state index in [9.17, 15) is 8.42 Å². The zero-order valence-electron chi connectivity index (χ0n) is 14.7. The number of nitrogens with one attached hydrogen (secondary N) is 1. The Labute approximate surface area is 147 Å². The van der Waals surface area contributed by atoms with Crippen LogP contribution in [0.4, 0.5) is 5.69 Å². The maximum Gasteiger partial charge on any atom is 0.265 e. The van der Waals surface area contributed by atoms with Gasteiger partial charge in [-0.05, 0) is 44.5 Å². The summed E-state index contributed by atoms with van der Waals surface area (Å²) in [4.78, 5) is 0.182. The highest BCUT2D eigenvalue weighted by Crippen LogP contribution is 2.19. The van der Waals surface area contributed by atoms with Crippen LogP contribution in [0.2, 0.25) is 0 Å². The number of anilines is 1. The van der Waals surface area contributed by atoms with Gasteiger partial charge in [0.05, 0.1) is 24.1 Å². The molecule has 1 aromatic carbocycles. The third-order valence-corrected chi connectivity index (χ3v) is 5.61. The Morgan fingerprint density at radius 1 is 1.12 bits per heavy atom. The molecule has 3 aromatic rings. The van der Waals surface area contributed by atoms with Gasteiger partial charge < -0.3 is 0 Å². The minimum Gasteiger partial charge on any atom is -0.280 e. The van der Waals surface area contributed by atoms with Crippen molar-refractivity contribution in [3.05, 3.63) is 59.2 Å². The molecule has 2 heterocycles. The predicted molar refractivity (Wildman–Crippen MR) is 96.0 cm³/mol. The summed E-state index contributed by atoms with van der Waals surface area (Å²) in [6.45, 7) is 6.34. The fourth-order valence-electron chi connectivity index (χ4n) is 2.64. The standard InChI is InChI=1S/C17H21N5O2S/c1-12-9-13(2)22(19-12)11-15-5-7-16(8-6-15)20-25(23,24)17-10-18-21(4)14(17)3/h5-10,20H,11H2,1-4H3. The molecule has 132 valence electrons. The van der Waals surface area contributed by atoms with E-state index in [-0.39, 0.29) is 4.90 Å². The molecule has 8 heteroatoms. The molecule has 0 bridgehead atoms. The van der Waals surface area contributed by atoms with Gasteiger partial charge in [-0.3, -0.25) is 14.1 Å². The Kier molecular flexibility index (Phi) is 4.38. The minimum atomic E-state index is -3.65. The van der Waals surface area contributed by atoms with Crippen molar-refractivity contribution in [1.82, 2.24) is 19.6 Å². The van der Waals surface area contributed by atoms with Gasteiger partial charge in [0.1, 0.15) is 4.90 Å². The normalized spacial score (nSPS) is 11.7. The molecule has 0 aliphatic rings. The zero-order valence-corrected chi connectivity index (χ0v) is 15.5. The third kappa shape index (κ3) is 3.58. The third-order valence-electron chi connectivity index (χ3n) is 4.12. The summed E-state index contributed by atoms with van der Waals surface area (Å²) in [5.41, 5.74) is 4.23. The van der Waals surface area contributed by atoms with Gasteiger partial charge in [0, 0.05) is 18.4 Å². The van der Waals surface area contributed by atoms with Crippen molar-refractivity contribution < 1.29 is 8.42 Å². The molecular weight excluding hydrogens is 338 g/mol. The summed E-state index contributed by atoms with van der Waals surface area (Å²) in [6.07, 6.45) is 1.36. The average Bonchev–Trinajstić information content (AvgIpc) is 3.04. The van der Waals surface area contributed by atoms with E-state index in [0.29, 0.717) is 17.9 Å². The molecule has 1 N–H and O–H groups in total. The van der Waals surface area contributed by atoms with Crippen molar-refractivity contribution in [1.29, 1.82) is 0 Å². The lowest BCUT2D eigenvalue weighted by Gasteiger charge is -2.09. The maximum atomic E-state index is 12.5. The topological polar surface area (TPSA) is 81.8 Å². The van der Waals surface area contributed by atoms with E-state index in [1.807, 2.05) is 36.7 Å². The number of hydrogen-bond acceptors (Lipinski definition) is 4. The molecule has 2 aromatic heterocycles. The first-order valence-electron chi connectivity index (χ1n) is 7.87. The van der Waals surface area contributed by atoms with E-state index in [4.69, 9.17) is 0 Å². The Hall–Kier alpha value is -2.61. The van der Waals surface area contributed by atoms with Crippen LogP contribution < -0.4 is 4.72 Å². The quantitative estimate of drug-likeness (QED) is 0.758. The van der Waals surface area contributed by atoms with Gasteiger partial charge in [0.15, 0.2) is 0 Å². The molecule has 0 aliphatic heterocycles. The fraction of sp³-hybridized carbons (Fsp3) is 0.294. The van der Waals surface area contributed by atoms with Gasteiger partial charge >= 0.3 is 0 Å². The molecule has 0 aliphatic carbocycles. The van der Waals surface area contributed by atoms with Crippen LogP contribution in [0.1, 0.15) is 22.6 Å². The van der Waals surface area contributed by atoms with Crippen LogP contribution in [0.15, 0.2) is 41.4 Å². The van der Waals surface area contributed by atoms with Crippen LogP contribution >= 0.6 is 0 Å². The van der Waals surface area contributed by atoms with E-state index in [1.165, 1.54) is 10.9 Å². The van der Waals surface area contributed by atoms with Crippen LogP contribution in [-0.4, -0.2) is 28.0 Å². The van der Waals surface area contributed by atoms with E-state index >= 15 is 0 Å². The van der Waals surface area contributed by atoms with Gasteiger partial charge in [-0.2, -0.15) is 10.2 Å². The van der Waals surface area contributed by atoms with Gasteiger partial charge in [0.2, 0.25) is 0 Å². The molecule has 0 radical (unpaired) electrons. The lowest BCUT2D eigenvalue weighted by molar-refractivity contribution is 0.600. The van der Waals surface area contributed by atoms with Crippen molar-refractivity contribution in [2.24, 2.45) is 7.05 Å². The number of hydrogen-bond donors (Lipinski definition) is 1. The molecule has 0 amide bonds. The number of benzene rings is 1. The lowest BCUT2D eigenvalue weighted by Crippen LogP contribution is -2.14. The van der Waals surface area contributed by atoms with Crippen molar-refractivity contribution >= 4 is 15.7 Å². The van der Waals surface area contributed by atoms with Crippen LogP contribution in [0, 0.1) is 20.8 Å². The first kappa shape index (κ1) is 17.2. The van der Waals surface area contributed by atoms with Crippen molar-refractivity contribution in [3.8, 4) is 0 Å². The summed E-state index contributed by atoms with van der Waals surface area (Å²) in [7, 11) is -1.94. The van der Waals surface area contributed by atoms with Gasteiger partial charge in [-0.1, -0.05) is 12.1 Å². The SMILES string of the molecule is Cc1cc(C)n(Cc2ccc(NS(=O)(=O)c3cnn(C)c3C)cc2)n1. The number of aryl methyl sites for hydroxylation is 3. The summed E-state index contributed by atoms with van der Waals surface area (Å²) < 4.78 is 31.0. The van der Waals surface area contributed by atoms with Crippen LogP contribution in [0.5, 0.6) is 0 Å². The van der Waals surface area contributed by atoms with Crippen molar-refractivity contribution in [2.75, 3.05) is 4.72 Å². The molecule has 25 heavy (non-hydrogen) atoms. The highest BCUT2D eigenvalue weighted by Gasteiger charge is 2.20. The van der Waals surface area contributed by atoms with E-state index in [2.05, 4.69) is 14.9 Å². The predicted octanol–water partition coefficient (Wildman–Crippen LogP) is 2.39. The highest BCUT2D eigenvalue weighted by molar-refractivity contribution is 7.92. The molecule has 0 saturated carbocycles. The Balaban J connectivity index is 1.76. The van der Waals surface area contributed by atoms with Crippen LogP contribution in [0.25, 0.3) is 0 Å². The summed E-state index contributed by atoms with van der Waals surface area (Å²) in [5, 5.41) is 8.42. The number of aromatic nitrogens is 4. The second-order valence-electron chi connectivity index (χ2n) is 6.11. The largest absolute Gasteiger partial charge is 0.280 e. The summed E-state index contributed by atoms with van der Waals surface area (Å²) in [5.74, 6) is 0. The second-order valence-corrected chi connectivity index (χ2v) is 7.76. The van der Waals surface area contributed by atoms with Crippen molar-refractivity contribution in [2.45, 2.75) is 32.2 Å². The number of rotatable bonds is 5. The fourth-order valence-corrected chi connectivity index (χ4v) is 3.90. The van der Waals surface area contributed by atoms with E-state index in [1.54, 1.807) is 26.1 Å². The van der Waals surface area contributed by atoms with Gasteiger partial charge in [0.25, 0.3) is 10.0 Å². The average molecular weight is 359 g/mol. The minimum absolute atomic E-state index is 0.182. The molecule has 0 saturated heterocycles. The maximum absolute atomic E-state index is 12.5. The Bertz CT molecular complexity index is 1000. The molecule has 7 nitrogen and oxygen atoms in total. The molecule has 0 unspecified atom stereocenters. The number of nitrogens with zero attached hydrogens (tertiary/aromatic N) is 4. The molecular formula is C17H21N5O2S. The monoisotopic (exact) mass is 359 g/mol. The molecule has 0 atom stereocenters. The van der Waals surface area contributed by atoms with Gasteiger partial charge in [-0.25, -0.2) is 8.42 Å². The molecule has 0 fully saturated rings. The summed E-state index contributed by atoms with van der Waals surface area (Å²) >= 11 is 0. The first-order valence-corrected chi connectivity index (χ1v) is 9.36. The summed E-state index contributed by atoms with van der Waals surface area (Å²) in [6, 6.07) is 9.32. The second kappa shape index (κ2) is 6.36. The van der Waals surface area contributed by atoms with E-state index < -0.39 is 10.0 Å². The highest BCUT2D eigenvalue weighted by atomic mass is 32.2. The Morgan fingerprint density at radius 2 is 1.80 bits per heavy atom. The molecule has 0 spiro atoms. The zero-order chi connectivity index (χ0) is 18.2. The number of sulfonamides is 1. The first-order chi connectivity index (χ1) is 11.8. The van der Waals surface area contributed by atoms with Gasteiger partial charge in [-0.15, -0.1) is 0 Å². The van der Waals surface area contributed by atoms with Crippen LogP contribution in [0.3, 0.4) is 0 Å². The van der Waals surface area contributed by atoms with Crippen molar-refractivity contribution in [3.63, 3.8) is 0 Å². The van der Waals surface area contributed by atoms with E-state index in [0.717, 1.165) is 17.0 Å². The lowest BCUT2D eigenvalue weighted by atomic mass is 10.2.